The van der Waals surface area contributed by atoms with Crippen molar-refractivity contribution in [1.29, 1.82) is 0 Å². The molecule has 1 aliphatic carbocycles. The van der Waals surface area contributed by atoms with Crippen LogP contribution in [0.3, 0.4) is 0 Å². The number of aromatic nitrogens is 2. The molecule has 4 heteroatoms. The van der Waals surface area contributed by atoms with Gasteiger partial charge in [-0.25, -0.2) is 4.98 Å². The first-order chi connectivity index (χ1) is 6.81. The van der Waals surface area contributed by atoms with Crippen LogP contribution >= 0.6 is 11.5 Å². The fraction of sp³-hybridized carbons (Fsp3) is 0.800. The molecule has 0 amide bonds. The Balaban J connectivity index is 2.08. The molecule has 2 unspecified atom stereocenters. The van der Waals surface area contributed by atoms with Crippen LogP contribution in [-0.4, -0.2) is 15.9 Å². The van der Waals surface area contributed by atoms with E-state index < -0.39 is 0 Å². The van der Waals surface area contributed by atoms with Crippen molar-refractivity contribution >= 4 is 16.7 Å². The second-order valence-corrected chi connectivity index (χ2v) is 4.75. The molecule has 0 aliphatic heterocycles. The summed E-state index contributed by atoms with van der Waals surface area (Å²) in [5, 5.41) is 4.18. The fourth-order valence-electron chi connectivity index (χ4n) is 2.14. The second-order valence-electron chi connectivity index (χ2n) is 4.00. The maximum absolute atomic E-state index is 4.53. The first-order valence-corrected chi connectivity index (χ1v) is 6.16. The summed E-state index contributed by atoms with van der Waals surface area (Å²) in [6.45, 7) is 5.32. The van der Waals surface area contributed by atoms with Gasteiger partial charge in [-0.05, 0) is 25.7 Å². The molecule has 14 heavy (non-hydrogen) atoms. The summed E-state index contributed by atoms with van der Waals surface area (Å²) in [4.78, 5) is 4.53. The van der Waals surface area contributed by atoms with Crippen molar-refractivity contribution in [3.63, 3.8) is 0 Å². The summed E-state index contributed by atoms with van der Waals surface area (Å²) < 4.78 is 4.44. The highest BCUT2D eigenvalue weighted by Crippen LogP contribution is 2.38. The standard InChI is InChI=1S/C10H17N3S/c1-3-11-10-12-9(13-14-10)8-6-4-5-7(8)2/h7-8H,3-6H2,1-2H3,(H,11,12,13). The van der Waals surface area contributed by atoms with Gasteiger partial charge in [-0.3, -0.25) is 0 Å². The zero-order valence-corrected chi connectivity index (χ0v) is 9.60. The molecule has 0 bridgehead atoms. The topological polar surface area (TPSA) is 37.8 Å². The molecule has 2 rings (SSSR count). The third-order valence-electron chi connectivity index (χ3n) is 2.96. The first kappa shape index (κ1) is 9.90. The van der Waals surface area contributed by atoms with Crippen molar-refractivity contribution < 1.29 is 0 Å². The van der Waals surface area contributed by atoms with Crippen LogP contribution in [0.5, 0.6) is 0 Å². The van der Waals surface area contributed by atoms with Gasteiger partial charge in [0.1, 0.15) is 5.82 Å². The summed E-state index contributed by atoms with van der Waals surface area (Å²) in [5.74, 6) is 2.44. The lowest BCUT2D eigenvalue weighted by Crippen LogP contribution is -2.04. The Hall–Kier alpha value is -0.640. The highest BCUT2D eigenvalue weighted by molar-refractivity contribution is 7.09. The van der Waals surface area contributed by atoms with Gasteiger partial charge in [0.05, 0.1) is 0 Å². The molecule has 1 aromatic heterocycles. The molecule has 1 heterocycles. The lowest BCUT2D eigenvalue weighted by molar-refractivity contribution is 0.515. The van der Waals surface area contributed by atoms with Crippen molar-refractivity contribution in [3.8, 4) is 0 Å². The van der Waals surface area contributed by atoms with E-state index in [0.29, 0.717) is 5.92 Å². The predicted octanol–water partition coefficient (Wildman–Crippen LogP) is 2.87. The summed E-state index contributed by atoms with van der Waals surface area (Å²) in [7, 11) is 0. The van der Waals surface area contributed by atoms with Crippen molar-refractivity contribution in [1.82, 2.24) is 9.36 Å². The Labute approximate surface area is 89.1 Å². The van der Waals surface area contributed by atoms with Gasteiger partial charge >= 0.3 is 0 Å². The molecule has 1 N–H and O–H groups in total. The van der Waals surface area contributed by atoms with Crippen LogP contribution in [0.25, 0.3) is 0 Å². The Bertz CT molecular complexity index is 297. The number of rotatable bonds is 3. The SMILES string of the molecule is CCNc1nc(C2CCCC2C)ns1. The van der Waals surface area contributed by atoms with E-state index >= 15 is 0 Å². The Morgan fingerprint density at radius 2 is 2.36 bits per heavy atom. The average molecular weight is 211 g/mol. The number of nitrogens with zero attached hydrogens (tertiary/aromatic N) is 2. The van der Waals surface area contributed by atoms with Gasteiger partial charge < -0.3 is 5.32 Å². The van der Waals surface area contributed by atoms with Crippen molar-refractivity contribution in [2.45, 2.75) is 39.0 Å². The number of hydrogen-bond donors (Lipinski definition) is 1. The molecule has 2 atom stereocenters. The Morgan fingerprint density at radius 3 is 3.00 bits per heavy atom. The van der Waals surface area contributed by atoms with E-state index in [1.54, 1.807) is 0 Å². The Morgan fingerprint density at radius 1 is 1.50 bits per heavy atom. The normalized spacial score (nSPS) is 26.7. The van der Waals surface area contributed by atoms with Gasteiger partial charge in [0.25, 0.3) is 0 Å². The molecular weight excluding hydrogens is 194 g/mol. The van der Waals surface area contributed by atoms with Gasteiger partial charge in [0, 0.05) is 24.0 Å². The number of hydrogen-bond acceptors (Lipinski definition) is 4. The maximum Gasteiger partial charge on any atom is 0.202 e. The third-order valence-corrected chi connectivity index (χ3v) is 3.65. The highest BCUT2D eigenvalue weighted by Gasteiger charge is 2.28. The molecule has 3 nitrogen and oxygen atoms in total. The van der Waals surface area contributed by atoms with Crippen molar-refractivity contribution in [3.05, 3.63) is 5.82 Å². The highest BCUT2D eigenvalue weighted by atomic mass is 32.1. The lowest BCUT2D eigenvalue weighted by Gasteiger charge is -2.09. The molecule has 1 saturated carbocycles. The predicted molar refractivity (Wildman–Crippen MR) is 59.8 cm³/mol. The van der Waals surface area contributed by atoms with E-state index in [4.69, 9.17) is 0 Å². The van der Waals surface area contributed by atoms with E-state index in [-0.39, 0.29) is 0 Å². The second kappa shape index (κ2) is 4.26. The van der Waals surface area contributed by atoms with Gasteiger partial charge in [-0.15, -0.1) is 0 Å². The van der Waals surface area contributed by atoms with Crippen LogP contribution in [0.15, 0.2) is 0 Å². The summed E-state index contributed by atoms with van der Waals surface area (Å²) >= 11 is 1.49. The molecule has 1 aliphatic rings. The molecule has 1 aromatic rings. The van der Waals surface area contributed by atoms with E-state index in [9.17, 15) is 0 Å². The van der Waals surface area contributed by atoms with E-state index in [1.807, 2.05) is 0 Å². The summed E-state index contributed by atoms with van der Waals surface area (Å²) in [6.07, 6.45) is 3.94. The van der Waals surface area contributed by atoms with E-state index in [0.717, 1.165) is 23.4 Å². The van der Waals surface area contributed by atoms with Crippen molar-refractivity contribution in [2.75, 3.05) is 11.9 Å². The summed E-state index contributed by atoms with van der Waals surface area (Å²) in [6, 6.07) is 0. The number of nitrogens with one attached hydrogen (secondary N) is 1. The summed E-state index contributed by atoms with van der Waals surface area (Å²) in [5.41, 5.74) is 0. The quantitative estimate of drug-likeness (QED) is 0.835. The molecule has 0 radical (unpaired) electrons. The van der Waals surface area contributed by atoms with Gasteiger partial charge in [-0.1, -0.05) is 13.3 Å². The average Bonchev–Trinajstić information content (AvgIpc) is 2.74. The fourth-order valence-corrected chi connectivity index (χ4v) is 2.84. The Kier molecular flexibility index (Phi) is 3.01. The van der Waals surface area contributed by atoms with Crippen LogP contribution in [0.4, 0.5) is 5.13 Å². The molecule has 0 aromatic carbocycles. The monoisotopic (exact) mass is 211 g/mol. The largest absolute Gasteiger partial charge is 0.361 e. The minimum absolute atomic E-state index is 0.610. The molecular formula is C10H17N3S. The molecule has 0 saturated heterocycles. The molecule has 1 fully saturated rings. The first-order valence-electron chi connectivity index (χ1n) is 5.38. The molecule has 78 valence electrons. The van der Waals surface area contributed by atoms with Crippen LogP contribution < -0.4 is 5.32 Å². The smallest absolute Gasteiger partial charge is 0.202 e. The van der Waals surface area contributed by atoms with Crippen LogP contribution in [0.2, 0.25) is 0 Å². The number of anilines is 1. The van der Waals surface area contributed by atoms with Crippen LogP contribution in [0.1, 0.15) is 44.9 Å². The van der Waals surface area contributed by atoms with Gasteiger partial charge in [0.15, 0.2) is 0 Å². The zero-order chi connectivity index (χ0) is 9.97. The van der Waals surface area contributed by atoms with E-state index in [1.165, 1.54) is 30.8 Å². The van der Waals surface area contributed by atoms with Crippen LogP contribution in [-0.2, 0) is 0 Å². The minimum atomic E-state index is 0.610. The maximum atomic E-state index is 4.53. The molecule has 0 spiro atoms. The van der Waals surface area contributed by atoms with Crippen molar-refractivity contribution in [2.24, 2.45) is 5.92 Å². The van der Waals surface area contributed by atoms with E-state index in [2.05, 4.69) is 28.5 Å². The third kappa shape index (κ3) is 1.90. The minimum Gasteiger partial charge on any atom is -0.361 e. The van der Waals surface area contributed by atoms with Gasteiger partial charge in [0.2, 0.25) is 5.13 Å². The zero-order valence-electron chi connectivity index (χ0n) is 8.79. The van der Waals surface area contributed by atoms with Crippen LogP contribution in [0, 0.1) is 5.92 Å². The van der Waals surface area contributed by atoms with Gasteiger partial charge in [-0.2, -0.15) is 4.37 Å². The lowest BCUT2D eigenvalue weighted by atomic mass is 9.98.